The van der Waals surface area contributed by atoms with Gasteiger partial charge in [0, 0.05) is 25.9 Å². The molecule has 1 fully saturated rings. The number of rotatable bonds is 5. The van der Waals surface area contributed by atoms with Crippen LogP contribution in [0.4, 0.5) is 20.3 Å². The Balaban J connectivity index is 1.76. The Morgan fingerprint density at radius 3 is 2.64 bits per heavy atom. The minimum atomic E-state index is -3.95. The third-order valence-corrected chi connectivity index (χ3v) is 5.38. The molecular weight excluding hydrogens is 352 g/mol. The standard InChI is InChI=1S/C16H17F2N3O3S/c1-21(12-6-7-24-10-12)16-5-3-13(9-19-16)25(22,23)20-11-2-4-14(17)15(18)8-11/h2-5,8-9,12,20H,6-7,10H2,1H3. The lowest BCUT2D eigenvalue weighted by molar-refractivity contribution is 0.193. The van der Waals surface area contributed by atoms with E-state index in [1.54, 1.807) is 6.07 Å². The van der Waals surface area contributed by atoms with Crippen LogP contribution in [-0.4, -0.2) is 39.7 Å². The van der Waals surface area contributed by atoms with Crippen molar-refractivity contribution in [3.05, 3.63) is 48.2 Å². The van der Waals surface area contributed by atoms with E-state index >= 15 is 0 Å². The first kappa shape index (κ1) is 17.6. The summed E-state index contributed by atoms with van der Waals surface area (Å²) < 4.78 is 58.3. The number of aromatic nitrogens is 1. The Morgan fingerprint density at radius 1 is 1.24 bits per heavy atom. The van der Waals surface area contributed by atoms with Gasteiger partial charge in [0.05, 0.1) is 18.3 Å². The van der Waals surface area contributed by atoms with E-state index in [9.17, 15) is 17.2 Å². The summed E-state index contributed by atoms with van der Waals surface area (Å²) in [6.45, 7) is 1.30. The first-order valence-corrected chi connectivity index (χ1v) is 9.09. The van der Waals surface area contributed by atoms with Crippen LogP contribution in [0, 0.1) is 11.6 Å². The molecule has 0 bridgehead atoms. The minimum absolute atomic E-state index is 0.0665. The molecule has 1 aliphatic rings. The summed E-state index contributed by atoms with van der Waals surface area (Å²) in [5.41, 5.74) is -0.0665. The molecule has 134 valence electrons. The molecule has 1 saturated heterocycles. The number of pyridine rings is 1. The van der Waals surface area contributed by atoms with Crippen molar-refractivity contribution in [1.29, 1.82) is 0 Å². The van der Waals surface area contributed by atoms with E-state index < -0.39 is 21.7 Å². The van der Waals surface area contributed by atoms with Crippen LogP contribution in [0.25, 0.3) is 0 Å². The predicted octanol–water partition coefficient (Wildman–Crippen LogP) is 2.39. The summed E-state index contributed by atoms with van der Waals surface area (Å²) in [4.78, 5) is 6.04. The van der Waals surface area contributed by atoms with Crippen molar-refractivity contribution >= 4 is 21.5 Å². The molecular formula is C16H17F2N3O3S. The van der Waals surface area contributed by atoms with Gasteiger partial charge in [-0.1, -0.05) is 0 Å². The van der Waals surface area contributed by atoms with Crippen molar-refractivity contribution < 1.29 is 21.9 Å². The van der Waals surface area contributed by atoms with E-state index in [0.29, 0.717) is 19.0 Å². The molecule has 3 rings (SSSR count). The lowest BCUT2D eigenvalue weighted by Gasteiger charge is -2.24. The number of nitrogens with one attached hydrogen (secondary N) is 1. The van der Waals surface area contributed by atoms with Gasteiger partial charge in [0.15, 0.2) is 11.6 Å². The molecule has 0 saturated carbocycles. The lowest BCUT2D eigenvalue weighted by atomic mass is 10.2. The highest BCUT2D eigenvalue weighted by atomic mass is 32.2. The Kier molecular flexibility index (Phi) is 4.87. The Hall–Kier alpha value is -2.26. The molecule has 1 unspecified atom stereocenters. The summed E-state index contributed by atoms with van der Waals surface area (Å²) >= 11 is 0. The van der Waals surface area contributed by atoms with Crippen LogP contribution in [0.5, 0.6) is 0 Å². The number of anilines is 2. The van der Waals surface area contributed by atoms with Crippen molar-refractivity contribution in [3.8, 4) is 0 Å². The van der Waals surface area contributed by atoms with E-state index in [-0.39, 0.29) is 16.6 Å². The number of benzene rings is 1. The Morgan fingerprint density at radius 2 is 2.04 bits per heavy atom. The first-order valence-electron chi connectivity index (χ1n) is 7.61. The first-order chi connectivity index (χ1) is 11.9. The molecule has 25 heavy (non-hydrogen) atoms. The van der Waals surface area contributed by atoms with Gasteiger partial charge in [-0.2, -0.15) is 0 Å². The van der Waals surface area contributed by atoms with Crippen molar-refractivity contribution in [2.45, 2.75) is 17.4 Å². The highest BCUT2D eigenvalue weighted by molar-refractivity contribution is 7.92. The van der Waals surface area contributed by atoms with Gasteiger partial charge in [-0.05, 0) is 30.7 Å². The van der Waals surface area contributed by atoms with Crippen molar-refractivity contribution in [3.63, 3.8) is 0 Å². The number of hydrogen-bond acceptors (Lipinski definition) is 5. The second-order valence-corrected chi connectivity index (χ2v) is 7.40. The van der Waals surface area contributed by atoms with Crippen LogP contribution < -0.4 is 9.62 Å². The summed E-state index contributed by atoms with van der Waals surface area (Å²) in [6, 6.07) is 5.99. The average Bonchev–Trinajstić information content (AvgIpc) is 3.12. The molecule has 2 heterocycles. The molecule has 1 N–H and O–H groups in total. The van der Waals surface area contributed by atoms with Crippen LogP contribution in [0.3, 0.4) is 0 Å². The number of sulfonamides is 1. The van der Waals surface area contributed by atoms with E-state index in [2.05, 4.69) is 9.71 Å². The Labute approximate surface area is 144 Å². The second-order valence-electron chi connectivity index (χ2n) is 5.71. The molecule has 0 radical (unpaired) electrons. The number of hydrogen-bond donors (Lipinski definition) is 1. The monoisotopic (exact) mass is 369 g/mol. The van der Waals surface area contributed by atoms with Gasteiger partial charge in [0.1, 0.15) is 10.7 Å². The molecule has 1 aliphatic heterocycles. The van der Waals surface area contributed by atoms with E-state index in [0.717, 1.165) is 24.6 Å². The third-order valence-electron chi connectivity index (χ3n) is 4.02. The third kappa shape index (κ3) is 3.88. The number of likely N-dealkylation sites (N-methyl/N-ethyl adjacent to an activating group) is 1. The van der Waals surface area contributed by atoms with Gasteiger partial charge >= 0.3 is 0 Å². The normalized spacial score (nSPS) is 17.5. The van der Waals surface area contributed by atoms with Crippen molar-refractivity contribution in [2.75, 3.05) is 29.9 Å². The number of nitrogens with zero attached hydrogens (tertiary/aromatic N) is 2. The van der Waals surface area contributed by atoms with Crippen LogP contribution >= 0.6 is 0 Å². The second kappa shape index (κ2) is 6.93. The largest absolute Gasteiger partial charge is 0.379 e. The number of ether oxygens (including phenoxy) is 1. The zero-order chi connectivity index (χ0) is 18.0. The Bertz CT molecular complexity index is 853. The van der Waals surface area contributed by atoms with E-state index in [1.807, 2.05) is 11.9 Å². The maximum atomic E-state index is 13.2. The fourth-order valence-electron chi connectivity index (χ4n) is 2.53. The summed E-state index contributed by atoms with van der Waals surface area (Å²) in [7, 11) is -2.08. The minimum Gasteiger partial charge on any atom is -0.379 e. The predicted molar refractivity (Wildman–Crippen MR) is 89.0 cm³/mol. The van der Waals surface area contributed by atoms with Crippen molar-refractivity contribution in [1.82, 2.24) is 4.98 Å². The zero-order valence-electron chi connectivity index (χ0n) is 13.4. The average molecular weight is 369 g/mol. The van der Waals surface area contributed by atoms with Gasteiger partial charge in [-0.15, -0.1) is 0 Å². The van der Waals surface area contributed by atoms with Crippen LogP contribution in [0.15, 0.2) is 41.4 Å². The molecule has 2 aromatic rings. The smallest absolute Gasteiger partial charge is 0.263 e. The van der Waals surface area contributed by atoms with Crippen LogP contribution in [0.1, 0.15) is 6.42 Å². The van der Waals surface area contributed by atoms with Crippen molar-refractivity contribution in [2.24, 2.45) is 0 Å². The molecule has 0 aliphatic carbocycles. The SMILES string of the molecule is CN(c1ccc(S(=O)(=O)Nc2ccc(F)c(F)c2)cn1)C1CCOC1. The maximum Gasteiger partial charge on any atom is 0.263 e. The zero-order valence-corrected chi connectivity index (χ0v) is 14.3. The van der Waals surface area contributed by atoms with Gasteiger partial charge in [-0.3, -0.25) is 4.72 Å². The van der Waals surface area contributed by atoms with Gasteiger partial charge in [0.2, 0.25) is 0 Å². The topological polar surface area (TPSA) is 71.5 Å². The highest BCUT2D eigenvalue weighted by Crippen LogP contribution is 2.21. The van der Waals surface area contributed by atoms with E-state index in [1.165, 1.54) is 12.3 Å². The fourth-order valence-corrected chi connectivity index (χ4v) is 3.52. The van der Waals surface area contributed by atoms with E-state index in [4.69, 9.17) is 4.74 Å². The van der Waals surface area contributed by atoms with Gasteiger partial charge in [-0.25, -0.2) is 22.2 Å². The fraction of sp³-hybridized carbons (Fsp3) is 0.312. The highest BCUT2D eigenvalue weighted by Gasteiger charge is 2.22. The summed E-state index contributed by atoms with van der Waals surface area (Å²) in [6.07, 6.45) is 2.11. The summed E-state index contributed by atoms with van der Waals surface area (Å²) in [5, 5.41) is 0. The molecule has 1 atom stereocenters. The summed E-state index contributed by atoms with van der Waals surface area (Å²) in [5.74, 6) is -1.55. The van der Waals surface area contributed by atoms with Crippen LogP contribution in [0.2, 0.25) is 0 Å². The number of halogens is 2. The molecule has 9 heteroatoms. The quantitative estimate of drug-likeness (QED) is 0.876. The molecule has 1 aromatic carbocycles. The van der Waals surface area contributed by atoms with Gasteiger partial charge < -0.3 is 9.64 Å². The molecule has 1 aromatic heterocycles. The molecule has 0 amide bonds. The molecule has 0 spiro atoms. The lowest BCUT2D eigenvalue weighted by Crippen LogP contribution is -2.32. The maximum absolute atomic E-state index is 13.2. The molecule has 6 nitrogen and oxygen atoms in total. The van der Waals surface area contributed by atoms with Crippen LogP contribution in [-0.2, 0) is 14.8 Å². The van der Waals surface area contributed by atoms with Gasteiger partial charge in [0.25, 0.3) is 10.0 Å².